The third-order valence-corrected chi connectivity index (χ3v) is 3.47. The monoisotopic (exact) mass is 254 g/mol. The molecule has 0 aromatic heterocycles. The van der Waals surface area contributed by atoms with Gasteiger partial charge in [-0.2, -0.15) is 0 Å². The van der Waals surface area contributed by atoms with Crippen LogP contribution in [0.1, 0.15) is 5.56 Å². The van der Waals surface area contributed by atoms with Gasteiger partial charge in [-0.1, -0.05) is 18.2 Å². The van der Waals surface area contributed by atoms with Crippen molar-refractivity contribution in [3.63, 3.8) is 0 Å². The van der Waals surface area contributed by atoms with Crippen LogP contribution >= 0.6 is 0 Å². The van der Waals surface area contributed by atoms with Gasteiger partial charge in [0.25, 0.3) is 0 Å². The van der Waals surface area contributed by atoms with Crippen LogP contribution < -0.4 is 15.0 Å². The highest BCUT2D eigenvalue weighted by molar-refractivity contribution is 5.68. The van der Waals surface area contributed by atoms with Crippen molar-refractivity contribution in [3.8, 4) is 5.75 Å². The predicted octanol–water partition coefficient (Wildman–Crippen LogP) is 2.94. The average Bonchev–Trinajstić information content (AvgIpc) is 2.69. The Morgan fingerprint density at radius 2 is 1.95 bits per heavy atom. The molecule has 1 N–H and O–H groups in total. The van der Waals surface area contributed by atoms with Gasteiger partial charge in [-0.15, -0.1) is 0 Å². The Kier molecular flexibility index (Phi) is 3.38. The van der Waals surface area contributed by atoms with E-state index in [1.54, 1.807) is 7.11 Å². The maximum atomic E-state index is 5.32. The van der Waals surface area contributed by atoms with Crippen LogP contribution in [0.25, 0.3) is 0 Å². The van der Waals surface area contributed by atoms with Gasteiger partial charge in [-0.05, 0) is 35.9 Å². The zero-order valence-electron chi connectivity index (χ0n) is 11.1. The van der Waals surface area contributed by atoms with Crippen molar-refractivity contribution < 1.29 is 4.74 Å². The zero-order chi connectivity index (χ0) is 13.1. The van der Waals surface area contributed by atoms with E-state index < -0.39 is 0 Å². The van der Waals surface area contributed by atoms with Gasteiger partial charge in [0.2, 0.25) is 0 Å². The number of nitrogens with one attached hydrogen (secondary N) is 1. The van der Waals surface area contributed by atoms with E-state index in [-0.39, 0.29) is 0 Å². The molecule has 0 saturated carbocycles. The van der Waals surface area contributed by atoms with Crippen LogP contribution in [0.3, 0.4) is 0 Å². The molecule has 2 aromatic rings. The number of anilines is 2. The maximum Gasteiger partial charge on any atom is 0.119 e. The molecule has 0 atom stereocenters. The number of nitrogens with zero attached hydrogens (tertiary/aromatic N) is 1. The van der Waals surface area contributed by atoms with Crippen LogP contribution in [0.15, 0.2) is 48.5 Å². The van der Waals surface area contributed by atoms with Crippen LogP contribution in [0, 0.1) is 0 Å². The van der Waals surface area contributed by atoms with Crippen LogP contribution in [-0.2, 0) is 6.54 Å². The smallest absolute Gasteiger partial charge is 0.119 e. The molecule has 0 amide bonds. The van der Waals surface area contributed by atoms with E-state index >= 15 is 0 Å². The van der Waals surface area contributed by atoms with E-state index in [0.29, 0.717) is 0 Å². The van der Waals surface area contributed by atoms with Gasteiger partial charge >= 0.3 is 0 Å². The molecule has 0 unspecified atom stereocenters. The molecule has 0 radical (unpaired) electrons. The Balaban J connectivity index is 2.04. The second-order valence-electron chi connectivity index (χ2n) is 4.66. The summed E-state index contributed by atoms with van der Waals surface area (Å²) < 4.78 is 5.32. The number of methoxy groups -OCH3 is 1. The molecule has 3 nitrogen and oxygen atoms in total. The van der Waals surface area contributed by atoms with E-state index in [1.807, 2.05) is 6.07 Å². The minimum Gasteiger partial charge on any atom is -0.497 e. The molecular formula is C16H18N2O. The average molecular weight is 254 g/mol. The van der Waals surface area contributed by atoms with Crippen molar-refractivity contribution >= 4 is 11.4 Å². The molecule has 1 aliphatic rings. The van der Waals surface area contributed by atoms with Gasteiger partial charge in [0.05, 0.1) is 7.11 Å². The first-order valence-corrected chi connectivity index (χ1v) is 6.59. The first-order valence-electron chi connectivity index (χ1n) is 6.59. The fraction of sp³-hybridized carbons (Fsp3) is 0.250. The quantitative estimate of drug-likeness (QED) is 0.891. The lowest BCUT2D eigenvalue weighted by atomic mass is 10.1. The number of hydrogen-bond donors (Lipinski definition) is 1. The molecule has 98 valence electrons. The first kappa shape index (κ1) is 12.1. The Bertz CT molecular complexity index is 554. The second-order valence-corrected chi connectivity index (χ2v) is 4.66. The highest BCUT2D eigenvalue weighted by atomic mass is 16.5. The van der Waals surface area contributed by atoms with Gasteiger partial charge in [0, 0.05) is 31.0 Å². The zero-order valence-corrected chi connectivity index (χ0v) is 11.1. The van der Waals surface area contributed by atoms with Crippen molar-refractivity contribution in [2.75, 3.05) is 25.1 Å². The van der Waals surface area contributed by atoms with Crippen LogP contribution in [0.5, 0.6) is 5.75 Å². The minimum absolute atomic E-state index is 0.885. The number of ether oxygens (including phenoxy) is 1. The molecule has 0 bridgehead atoms. The highest BCUT2D eigenvalue weighted by Crippen LogP contribution is 2.32. The number of benzene rings is 2. The molecule has 1 aliphatic heterocycles. The lowest BCUT2D eigenvalue weighted by Gasteiger charge is -2.25. The summed E-state index contributed by atoms with van der Waals surface area (Å²) >= 11 is 0. The molecular weight excluding hydrogens is 236 g/mol. The third-order valence-electron chi connectivity index (χ3n) is 3.47. The summed E-state index contributed by atoms with van der Waals surface area (Å²) in [6.07, 6.45) is 0. The minimum atomic E-state index is 0.885. The number of para-hydroxylation sites is 1. The summed E-state index contributed by atoms with van der Waals surface area (Å²) in [5.41, 5.74) is 3.77. The van der Waals surface area contributed by atoms with Gasteiger partial charge in [-0.25, -0.2) is 0 Å². The van der Waals surface area contributed by atoms with Crippen LogP contribution in [0.2, 0.25) is 0 Å². The Morgan fingerprint density at radius 1 is 1.11 bits per heavy atom. The van der Waals surface area contributed by atoms with Gasteiger partial charge < -0.3 is 15.0 Å². The van der Waals surface area contributed by atoms with Crippen molar-refractivity contribution in [2.24, 2.45) is 0 Å². The molecule has 0 spiro atoms. The first-order chi connectivity index (χ1) is 9.38. The van der Waals surface area contributed by atoms with E-state index in [0.717, 1.165) is 25.4 Å². The summed E-state index contributed by atoms with van der Waals surface area (Å²) in [7, 11) is 1.71. The normalized spacial score (nSPS) is 14.7. The molecule has 1 heterocycles. The van der Waals surface area contributed by atoms with Gasteiger partial charge in [0.15, 0.2) is 0 Å². The topological polar surface area (TPSA) is 24.5 Å². The Morgan fingerprint density at radius 3 is 2.74 bits per heavy atom. The molecule has 3 rings (SSSR count). The van der Waals surface area contributed by atoms with Gasteiger partial charge in [0.1, 0.15) is 5.75 Å². The summed E-state index contributed by atoms with van der Waals surface area (Å²) in [6.45, 7) is 2.84. The van der Waals surface area contributed by atoms with Crippen molar-refractivity contribution in [1.29, 1.82) is 0 Å². The Labute approximate surface area is 113 Å². The molecule has 3 heteroatoms. The standard InChI is InChI=1S/C16H18N2O/c1-19-15-7-8-16-13(11-15)12-17-9-10-18(16)14-5-3-2-4-6-14/h2-8,11,17H,9-10,12H2,1H3. The largest absolute Gasteiger partial charge is 0.497 e. The number of rotatable bonds is 2. The maximum absolute atomic E-state index is 5.32. The van der Waals surface area contributed by atoms with E-state index in [4.69, 9.17) is 4.74 Å². The van der Waals surface area contributed by atoms with Crippen LogP contribution in [-0.4, -0.2) is 20.2 Å². The van der Waals surface area contributed by atoms with Crippen LogP contribution in [0.4, 0.5) is 11.4 Å². The van der Waals surface area contributed by atoms with Crippen molar-refractivity contribution in [1.82, 2.24) is 5.32 Å². The number of fused-ring (bicyclic) bond motifs is 1. The summed E-state index contributed by atoms with van der Waals surface area (Å²) in [5, 5.41) is 3.46. The fourth-order valence-corrected chi connectivity index (χ4v) is 2.50. The van der Waals surface area contributed by atoms with Gasteiger partial charge in [-0.3, -0.25) is 0 Å². The summed E-state index contributed by atoms with van der Waals surface area (Å²) in [5.74, 6) is 0.912. The second kappa shape index (κ2) is 5.33. The number of hydrogen-bond acceptors (Lipinski definition) is 3. The molecule has 19 heavy (non-hydrogen) atoms. The van der Waals surface area contributed by atoms with Crippen molar-refractivity contribution in [3.05, 3.63) is 54.1 Å². The Hall–Kier alpha value is -2.00. The highest BCUT2D eigenvalue weighted by Gasteiger charge is 2.16. The van der Waals surface area contributed by atoms with E-state index in [1.165, 1.54) is 16.9 Å². The third kappa shape index (κ3) is 2.42. The van der Waals surface area contributed by atoms with E-state index in [9.17, 15) is 0 Å². The summed E-state index contributed by atoms with van der Waals surface area (Å²) in [4.78, 5) is 2.36. The SMILES string of the molecule is COc1ccc2c(c1)CNCCN2c1ccccc1. The molecule has 0 aliphatic carbocycles. The molecule has 0 saturated heterocycles. The molecule has 2 aromatic carbocycles. The fourth-order valence-electron chi connectivity index (χ4n) is 2.50. The van der Waals surface area contributed by atoms with E-state index in [2.05, 4.69) is 52.7 Å². The predicted molar refractivity (Wildman–Crippen MR) is 78.1 cm³/mol. The van der Waals surface area contributed by atoms with Crippen molar-refractivity contribution in [2.45, 2.75) is 6.54 Å². The lowest BCUT2D eigenvalue weighted by molar-refractivity contribution is 0.414. The summed E-state index contributed by atoms with van der Waals surface area (Å²) in [6, 6.07) is 16.8. The molecule has 0 fully saturated rings. The lowest BCUT2D eigenvalue weighted by Crippen LogP contribution is -2.24.